The molecule has 3 heterocycles. The lowest BCUT2D eigenvalue weighted by Crippen LogP contribution is -2.40. The highest BCUT2D eigenvalue weighted by Gasteiger charge is 2.67. The SMILES string of the molecule is COc1ccc(N2C[C@@]34C=C[C@H](O3)[C@H](C(=O)OCc3ccccc3)[C@@H]4C2=O)cc1. The second kappa shape index (κ2) is 6.74. The second-order valence-electron chi connectivity index (χ2n) is 7.62. The van der Waals surface area contributed by atoms with E-state index in [4.69, 9.17) is 14.2 Å². The van der Waals surface area contributed by atoms with Crippen molar-refractivity contribution >= 4 is 17.6 Å². The molecule has 1 spiro atoms. The molecule has 0 radical (unpaired) electrons. The molecule has 5 rings (SSSR count). The molecule has 2 saturated heterocycles. The molecule has 4 atom stereocenters. The van der Waals surface area contributed by atoms with E-state index in [0.29, 0.717) is 6.54 Å². The molecule has 2 fully saturated rings. The Kier molecular flexibility index (Phi) is 4.17. The monoisotopic (exact) mass is 391 g/mol. The van der Waals surface area contributed by atoms with Gasteiger partial charge in [-0.25, -0.2) is 0 Å². The fourth-order valence-electron chi connectivity index (χ4n) is 4.57. The molecule has 6 nitrogen and oxygen atoms in total. The van der Waals surface area contributed by atoms with Crippen LogP contribution in [0.3, 0.4) is 0 Å². The molecular formula is C23H21NO5. The molecule has 0 aliphatic carbocycles. The number of ether oxygens (including phenoxy) is 3. The normalized spacial score (nSPS) is 29.2. The van der Waals surface area contributed by atoms with Crippen molar-refractivity contribution in [2.75, 3.05) is 18.6 Å². The second-order valence-corrected chi connectivity index (χ2v) is 7.62. The number of anilines is 1. The van der Waals surface area contributed by atoms with Gasteiger partial charge in [0.05, 0.1) is 25.7 Å². The largest absolute Gasteiger partial charge is 0.497 e. The van der Waals surface area contributed by atoms with Gasteiger partial charge in [0, 0.05) is 5.69 Å². The Morgan fingerprint density at radius 1 is 1.17 bits per heavy atom. The molecule has 6 heteroatoms. The Balaban J connectivity index is 1.37. The van der Waals surface area contributed by atoms with Gasteiger partial charge in [-0.3, -0.25) is 9.59 Å². The van der Waals surface area contributed by atoms with E-state index in [-0.39, 0.29) is 18.5 Å². The summed E-state index contributed by atoms with van der Waals surface area (Å²) in [6.45, 7) is 0.570. The summed E-state index contributed by atoms with van der Waals surface area (Å²) in [6, 6.07) is 16.8. The van der Waals surface area contributed by atoms with Gasteiger partial charge in [-0.05, 0) is 29.8 Å². The third kappa shape index (κ3) is 2.83. The van der Waals surface area contributed by atoms with Gasteiger partial charge in [0.2, 0.25) is 5.91 Å². The minimum atomic E-state index is -0.766. The average molecular weight is 391 g/mol. The fraction of sp³-hybridized carbons (Fsp3) is 0.304. The predicted octanol–water partition coefficient (Wildman–Crippen LogP) is 2.73. The van der Waals surface area contributed by atoms with Crippen molar-refractivity contribution in [1.82, 2.24) is 0 Å². The van der Waals surface area contributed by atoms with E-state index in [1.807, 2.05) is 66.7 Å². The van der Waals surface area contributed by atoms with Gasteiger partial charge in [-0.15, -0.1) is 0 Å². The molecule has 0 saturated carbocycles. The van der Waals surface area contributed by atoms with Crippen LogP contribution in [0.2, 0.25) is 0 Å². The van der Waals surface area contributed by atoms with Gasteiger partial charge in [0.15, 0.2) is 0 Å². The summed E-state index contributed by atoms with van der Waals surface area (Å²) in [7, 11) is 1.60. The van der Waals surface area contributed by atoms with Crippen LogP contribution in [0, 0.1) is 11.8 Å². The zero-order valence-corrected chi connectivity index (χ0v) is 16.0. The van der Waals surface area contributed by atoms with E-state index in [2.05, 4.69) is 0 Å². The first kappa shape index (κ1) is 17.9. The zero-order valence-electron chi connectivity index (χ0n) is 16.0. The maximum Gasteiger partial charge on any atom is 0.313 e. The maximum absolute atomic E-state index is 13.3. The molecule has 3 aliphatic heterocycles. The topological polar surface area (TPSA) is 65.1 Å². The number of hydrogen-bond acceptors (Lipinski definition) is 5. The standard InChI is InChI=1S/C23H21NO5/c1-27-17-9-7-16(8-10-17)24-14-23-12-11-18(29-23)19(20(23)21(24)25)22(26)28-13-15-5-3-2-4-6-15/h2-12,18-20H,13-14H2,1H3/t18-,19-,20+,23+/m0/s1. The van der Waals surface area contributed by atoms with Crippen molar-refractivity contribution in [3.05, 3.63) is 72.3 Å². The minimum Gasteiger partial charge on any atom is -0.497 e. The van der Waals surface area contributed by atoms with Crippen LogP contribution >= 0.6 is 0 Å². The minimum absolute atomic E-state index is 0.108. The third-order valence-electron chi connectivity index (χ3n) is 5.98. The van der Waals surface area contributed by atoms with E-state index in [0.717, 1.165) is 17.0 Å². The Bertz CT molecular complexity index is 971. The number of nitrogens with zero attached hydrogens (tertiary/aromatic N) is 1. The molecular weight excluding hydrogens is 370 g/mol. The Labute approximate surface area is 168 Å². The quantitative estimate of drug-likeness (QED) is 0.579. The van der Waals surface area contributed by atoms with Crippen LogP contribution in [-0.4, -0.2) is 37.2 Å². The van der Waals surface area contributed by atoms with Crippen molar-refractivity contribution in [1.29, 1.82) is 0 Å². The first-order chi connectivity index (χ1) is 14.1. The van der Waals surface area contributed by atoms with Crippen LogP contribution in [0.4, 0.5) is 5.69 Å². The zero-order chi connectivity index (χ0) is 20.0. The first-order valence-electron chi connectivity index (χ1n) is 9.64. The van der Waals surface area contributed by atoms with E-state index >= 15 is 0 Å². The molecule has 3 aliphatic rings. The van der Waals surface area contributed by atoms with Crippen LogP contribution in [0.1, 0.15) is 5.56 Å². The highest BCUT2D eigenvalue weighted by atomic mass is 16.6. The van der Waals surface area contributed by atoms with Crippen molar-refractivity contribution in [2.24, 2.45) is 11.8 Å². The third-order valence-corrected chi connectivity index (χ3v) is 5.98. The van der Waals surface area contributed by atoms with Gasteiger partial charge in [-0.1, -0.05) is 42.5 Å². The molecule has 0 aromatic heterocycles. The van der Waals surface area contributed by atoms with Crippen molar-refractivity contribution < 1.29 is 23.8 Å². The van der Waals surface area contributed by atoms with E-state index in [9.17, 15) is 9.59 Å². The Morgan fingerprint density at radius 2 is 1.93 bits per heavy atom. The Hall–Kier alpha value is -3.12. The summed E-state index contributed by atoms with van der Waals surface area (Å²) >= 11 is 0. The molecule has 29 heavy (non-hydrogen) atoms. The molecule has 2 bridgehead atoms. The van der Waals surface area contributed by atoms with Gasteiger partial charge in [0.1, 0.15) is 23.9 Å². The summed E-state index contributed by atoms with van der Waals surface area (Å²) in [5, 5.41) is 0. The van der Waals surface area contributed by atoms with Crippen molar-refractivity contribution in [2.45, 2.75) is 18.3 Å². The van der Waals surface area contributed by atoms with Crippen LogP contribution in [0.15, 0.2) is 66.7 Å². The Morgan fingerprint density at radius 3 is 2.66 bits per heavy atom. The summed E-state index contributed by atoms with van der Waals surface area (Å²) in [5.74, 6) is -0.968. The maximum atomic E-state index is 13.3. The summed E-state index contributed by atoms with van der Waals surface area (Å²) < 4.78 is 16.9. The van der Waals surface area contributed by atoms with Gasteiger partial charge in [0.25, 0.3) is 0 Å². The van der Waals surface area contributed by atoms with E-state index < -0.39 is 23.5 Å². The average Bonchev–Trinajstić information content (AvgIpc) is 3.41. The number of carbonyl (C=O) groups excluding carboxylic acids is 2. The van der Waals surface area contributed by atoms with Crippen LogP contribution in [0.5, 0.6) is 5.75 Å². The number of carbonyl (C=O) groups is 2. The molecule has 2 aromatic rings. The lowest BCUT2D eigenvalue weighted by molar-refractivity contribution is -0.153. The van der Waals surface area contributed by atoms with Crippen LogP contribution < -0.4 is 9.64 Å². The van der Waals surface area contributed by atoms with Gasteiger partial charge in [-0.2, -0.15) is 0 Å². The predicted molar refractivity (Wildman–Crippen MR) is 105 cm³/mol. The first-order valence-corrected chi connectivity index (χ1v) is 9.64. The van der Waals surface area contributed by atoms with Crippen LogP contribution in [-0.2, 0) is 25.7 Å². The van der Waals surface area contributed by atoms with Gasteiger partial charge < -0.3 is 19.1 Å². The number of methoxy groups -OCH3 is 1. The summed E-state index contributed by atoms with van der Waals surface area (Å²) in [4.78, 5) is 27.9. The lowest BCUT2D eigenvalue weighted by atomic mass is 9.77. The van der Waals surface area contributed by atoms with E-state index in [1.54, 1.807) is 12.0 Å². The number of benzene rings is 2. The molecule has 1 amide bonds. The van der Waals surface area contributed by atoms with E-state index in [1.165, 1.54) is 0 Å². The highest BCUT2D eigenvalue weighted by Crippen LogP contribution is 2.53. The molecule has 148 valence electrons. The van der Waals surface area contributed by atoms with Crippen molar-refractivity contribution in [3.63, 3.8) is 0 Å². The fourth-order valence-corrected chi connectivity index (χ4v) is 4.57. The highest BCUT2D eigenvalue weighted by molar-refractivity contribution is 6.02. The molecule has 0 unspecified atom stereocenters. The number of amides is 1. The number of hydrogen-bond donors (Lipinski definition) is 0. The lowest BCUT2D eigenvalue weighted by Gasteiger charge is -2.22. The van der Waals surface area contributed by atoms with Crippen molar-refractivity contribution in [3.8, 4) is 5.75 Å². The smallest absolute Gasteiger partial charge is 0.313 e. The number of fused-ring (bicyclic) bond motifs is 1. The van der Waals surface area contributed by atoms with Crippen LogP contribution in [0.25, 0.3) is 0 Å². The molecule has 0 N–H and O–H groups in total. The van der Waals surface area contributed by atoms with Gasteiger partial charge >= 0.3 is 5.97 Å². The number of esters is 1. The summed E-state index contributed by atoms with van der Waals surface area (Å²) in [6.07, 6.45) is 3.41. The summed E-state index contributed by atoms with van der Waals surface area (Å²) in [5.41, 5.74) is 0.905. The number of rotatable bonds is 5. The molecule has 2 aromatic carbocycles.